The summed E-state index contributed by atoms with van der Waals surface area (Å²) in [5, 5.41) is 0. The number of nitrogens with zero attached hydrogens (tertiary/aromatic N) is 4. The van der Waals surface area contributed by atoms with Gasteiger partial charge in [-0.15, -0.1) is 0 Å². The highest BCUT2D eigenvalue weighted by Crippen LogP contribution is 2.29. The molecule has 0 aliphatic carbocycles. The number of carbonyl (C=O) groups excluding carboxylic acids is 2. The minimum atomic E-state index is -0.276. The Morgan fingerprint density at radius 2 is 1.93 bits per heavy atom. The van der Waals surface area contributed by atoms with Crippen LogP contribution in [-0.2, 0) is 9.59 Å². The van der Waals surface area contributed by atoms with Gasteiger partial charge in [-0.2, -0.15) is 0 Å². The van der Waals surface area contributed by atoms with Crippen molar-refractivity contribution in [1.82, 2.24) is 14.9 Å². The van der Waals surface area contributed by atoms with E-state index in [4.69, 9.17) is 4.74 Å². The number of ether oxygens (including phenoxy) is 1. The Kier molecular flexibility index (Phi) is 5.47. The Morgan fingerprint density at radius 3 is 2.62 bits per heavy atom. The van der Waals surface area contributed by atoms with Gasteiger partial charge in [0.2, 0.25) is 17.7 Å². The van der Waals surface area contributed by atoms with Crippen molar-refractivity contribution in [3.05, 3.63) is 47.9 Å². The van der Waals surface area contributed by atoms with E-state index in [0.717, 1.165) is 24.1 Å². The lowest BCUT2D eigenvalue weighted by atomic mass is 10.0. The summed E-state index contributed by atoms with van der Waals surface area (Å²) in [6.07, 6.45) is 6.64. The van der Waals surface area contributed by atoms with Crippen LogP contribution in [0.2, 0.25) is 0 Å². The van der Waals surface area contributed by atoms with Crippen molar-refractivity contribution in [3.63, 3.8) is 0 Å². The molecule has 0 bridgehead atoms. The Labute approximate surface area is 170 Å². The Morgan fingerprint density at radius 1 is 1.14 bits per heavy atom. The Hall–Kier alpha value is -2.96. The third-order valence-electron chi connectivity index (χ3n) is 5.86. The van der Waals surface area contributed by atoms with Crippen LogP contribution >= 0.6 is 0 Å². The Bertz CT molecular complexity index is 894. The number of rotatable bonds is 4. The first-order chi connectivity index (χ1) is 14.0. The van der Waals surface area contributed by atoms with E-state index < -0.39 is 0 Å². The molecule has 2 aromatic rings. The van der Waals surface area contributed by atoms with Crippen molar-refractivity contribution in [1.29, 1.82) is 0 Å². The molecule has 0 saturated carbocycles. The zero-order valence-electron chi connectivity index (χ0n) is 16.9. The quantitative estimate of drug-likeness (QED) is 0.797. The van der Waals surface area contributed by atoms with Crippen LogP contribution in [0.1, 0.15) is 30.4 Å². The molecule has 2 aliphatic rings. The number of hydrogen-bond acceptors (Lipinski definition) is 5. The molecule has 2 aliphatic heterocycles. The molecule has 7 nitrogen and oxygen atoms in total. The van der Waals surface area contributed by atoms with Crippen LogP contribution in [0.4, 0.5) is 5.69 Å². The number of piperidine rings is 1. The van der Waals surface area contributed by atoms with Gasteiger partial charge in [-0.25, -0.2) is 4.98 Å². The number of hydrogen-bond donors (Lipinski definition) is 0. The fourth-order valence-electron chi connectivity index (χ4n) is 3.99. The second-order valence-corrected chi connectivity index (χ2v) is 7.86. The van der Waals surface area contributed by atoms with Crippen molar-refractivity contribution in [3.8, 4) is 5.88 Å². The lowest BCUT2D eigenvalue weighted by Crippen LogP contribution is -2.45. The molecule has 152 valence electrons. The predicted octanol–water partition coefficient (Wildman–Crippen LogP) is 2.52. The lowest BCUT2D eigenvalue weighted by molar-refractivity contribution is -0.137. The van der Waals surface area contributed by atoms with E-state index >= 15 is 0 Å². The summed E-state index contributed by atoms with van der Waals surface area (Å²) in [4.78, 5) is 37.3. The average molecular weight is 394 g/mol. The lowest BCUT2D eigenvalue weighted by Gasteiger charge is -2.33. The van der Waals surface area contributed by atoms with Gasteiger partial charge in [0.15, 0.2) is 0 Å². The van der Waals surface area contributed by atoms with Crippen LogP contribution in [0.15, 0.2) is 36.8 Å². The maximum absolute atomic E-state index is 13.0. The summed E-state index contributed by atoms with van der Waals surface area (Å²) in [5.41, 5.74) is 3.22. The third-order valence-corrected chi connectivity index (χ3v) is 5.86. The second kappa shape index (κ2) is 8.19. The van der Waals surface area contributed by atoms with Crippen LogP contribution in [0, 0.1) is 19.8 Å². The van der Waals surface area contributed by atoms with Crippen LogP contribution in [0.25, 0.3) is 0 Å². The fraction of sp³-hybridized carbons (Fsp3) is 0.455. The predicted molar refractivity (Wildman–Crippen MR) is 109 cm³/mol. The smallest absolute Gasteiger partial charge is 0.232 e. The minimum absolute atomic E-state index is 0.0208. The highest BCUT2D eigenvalue weighted by molar-refractivity contribution is 6.00. The van der Waals surface area contributed by atoms with Crippen LogP contribution in [0.3, 0.4) is 0 Å². The molecule has 2 saturated heterocycles. The molecule has 29 heavy (non-hydrogen) atoms. The zero-order valence-corrected chi connectivity index (χ0v) is 16.9. The molecule has 2 amide bonds. The number of aryl methyl sites for hydroxylation is 2. The summed E-state index contributed by atoms with van der Waals surface area (Å²) >= 11 is 0. The molecule has 0 spiro atoms. The number of aromatic nitrogens is 2. The molecule has 1 unspecified atom stereocenters. The van der Waals surface area contributed by atoms with E-state index in [1.54, 1.807) is 23.5 Å². The van der Waals surface area contributed by atoms with Crippen LogP contribution in [-0.4, -0.2) is 52.4 Å². The van der Waals surface area contributed by atoms with Gasteiger partial charge >= 0.3 is 0 Å². The maximum atomic E-state index is 13.0. The van der Waals surface area contributed by atoms with Crippen molar-refractivity contribution in [2.24, 2.45) is 5.92 Å². The van der Waals surface area contributed by atoms with Gasteiger partial charge < -0.3 is 14.5 Å². The fourth-order valence-corrected chi connectivity index (χ4v) is 3.99. The van der Waals surface area contributed by atoms with Crippen molar-refractivity contribution in [2.75, 3.05) is 24.5 Å². The zero-order chi connectivity index (χ0) is 20.4. The molecule has 0 radical (unpaired) electrons. The SMILES string of the molecule is Cc1ccc(N2CC(C(=O)N3CCC(Oc4cnccn4)CC3)CC2=O)cc1C. The molecule has 1 aromatic heterocycles. The molecule has 1 atom stereocenters. The summed E-state index contributed by atoms with van der Waals surface area (Å²) < 4.78 is 5.85. The summed E-state index contributed by atoms with van der Waals surface area (Å²) in [6, 6.07) is 6.01. The van der Waals surface area contributed by atoms with Crippen molar-refractivity contribution >= 4 is 17.5 Å². The van der Waals surface area contributed by atoms with E-state index in [9.17, 15) is 9.59 Å². The Balaban J connectivity index is 1.33. The van der Waals surface area contributed by atoms with Gasteiger partial charge in [-0.3, -0.25) is 14.6 Å². The maximum Gasteiger partial charge on any atom is 0.232 e. The van der Waals surface area contributed by atoms with Crippen LogP contribution in [0.5, 0.6) is 5.88 Å². The standard InChI is InChI=1S/C22H26N4O3/c1-15-3-4-18(11-16(15)2)26-14-17(12-21(26)27)22(28)25-9-5-19(6-10-25)29-20-13-23-7-8-24-20/h3-4,7-8,11,13,17,19H,5-6,9-10,12,14H2,1-2H3. The first kappa shape index (κ1) is 19.4. The second-order valence-electron chi connectivity index (χ2n) is 7.86. The van der Waals surface area contributed by atoms with Crippen molar-refractivity contribution < 1.29 is 14.3 Å². The van der Waals surface area contributed by atoms with E-state index in [1.807, 2.05) is 30.0 Å². The number of benzene rings is 1. The highest BCUT2D eigenvalue weighted by atomic mass is 16.5. The number of likely N-dealkylation sites (tertiary alicyclic amines) is 1. The van der Waals surface area contributed by atoms with E-state index in [0.29, 0.717) is 25.5 Å². The largest absolute Gasteiger partial charge is 0.473 e. The van der Waals surface area contributed by atoms with Gasteiger partial charge in [0.1, 0.15) is 6.10 Å². The van der Waals surface area contributed by atoms with Gasteiger partial charge in [0.25, 0.3) is 0 Å². The third kappa shape index (κ3) is 4.23. The summed E-state index contributed by atoms with van der Waals surface area (Å²) in [7, 11) is 0. The van der Waals surface area contributed by atoms with Crippen molar-refractivity contribution in [2.45, 2.75) is 39.2 Å². The van der Waals surface area contributed by atoms with E-state index in [2.05, 4.69) is 16.9 Å². The number of anilines is 1. The summed E-state index contributed by atoms with van der Waals surface area (Å²) in [6.45, 7) is 5.82. The first-order valence-electron chi connectivity index (χ1n) is 10.1. The van der Waals surface area contributed by atoms with Gasteiger partial charge in [0, 0.05) is 57.0 Å². The van der Waals surface area contributed by atoms with E-state index in [-0.39, 0.29) is 30.3 Å². The van der Waals surface area contributed by atoms with E-state index in [1.165, 1.54) is 5.56 Å². The molecule has 1 aromatic carbocycles. The highest BCUT2D eigenvalue weighted by Gasteiger charge is 2.38. The topological polar surface area (TPSA) is 75.6 Å². The molecule has 4 rings (SSSR count). The normalized spacial score (nSPS) is 20.2. The molecule has 2 fully saturated rings. The molecular weight excluding hydrogens is 368 g/mol. The minimum Gasteiger partial charge on any atom is -0.473 e. The molecule has 0 N–H and O–H groups in total. The number of carbonyl (C=O) groups is 2. The first-order valence-corrected chi connectivity index (χ1v) is 10.1. The van der Waals surface area contributed by atoms with Gasteiger partial charge in [-0.1, -0.05) is 6.07 Å². The monoisotopic (exact) mass is 394 g/mol. The molecule has 7 heteroatoms. The molecular formula is C22H26N4O3. The summed E-state index contributed by atoms with van der Waals surface area (Å²) in [5.74, 6) is 0.333. The molecule has 3 heterocycles. The van der Waals surface area contributed by atoms with Crippen LogP contribution < -0.4 is 9.64 Å². The average Bonchev–Trinajstić information content (AvgIpc) is 3.12. The van der Waals surface area contributed by atoms with Gasteiger partial charge in [0.05, 0.1) is 12.1 Å². The van der Waals surface area contributed by atoms with Gasteiger partial charge in [-0.05, 0) is 37.1 Å². The number of amides is 2.